The summed E-state index contributed by atoms with van der Waals surface area (Å²) in [5.41, 5.74) is 1.56. The monoisotopic (exact) mass is 373 g/mol. The third-order valence-corrected chi connectivity index (χ3v) is 4.27. The molecule has 0 aromatic heterocycles. The quantitative estimate of drug-likeness (QED) is 0.744. The Balaban J connectivity index is 2.15. The van der Waals surface area contributed by atoms with Crippen LogP contribution in [-0.4, -0.2) is 25.2 Å². The number of carbonyl (C=O) groups excluding carboxylic acids is 2. The first-order valence-corrected chi connectivity index (χ1v) is 8.73. The summed E-state index contributed by atoms with van der Waals surface area (Å²) in [5.74, 6) is -1.38. The van der Waals surface area contributed by atoms with E-state index in [0.29, 0.717) is 0 Å². The van der Waals surface area contributed by atoms with Gasteiger partial charge in [-0.3, -0.25) is 0 Å². The average molecular weight is 373 g/mol. The Morgan fingerprint density at radius 2 is 1.67 bits per heavy atom. The van der Waals surface area contributed by atoms with E-state index >= 15 is 0 Å². The highest BCUT2D eigenvalue weighted by Crippen LogP contribution is 2.29. The molecule has 0 aliphatic heterocycles. The number of hydrogen-bond acceptors (Lipinski definition) is 4. The molecule has 0 fully saturated rings. The molecule has 2 aromatic carbocycles. The molecule has 27 heavy (non-hydrogen) atoms. The topological polar surface area (TPSA) is 64.6 Å². The minimum absolute atomic E-state index is 0.0195. The first-order chi connectivity index (χ1) is 12.9. The van der Waals surface area contributed by atoms with Crippen LogP contribution in [0.25, 0.3) is 0 Å². The van der Waals surface area contributed by atoms with Crippen LogP contribution < -0.4 is 5.32 Å². The van der Waals surface area contributed by atoms with Gasteiger partial charge < -0.3 is 14.8 Å². The average Bonchev–Trinajstić information content (AvgIpc) is 2.67. The highest BCUT2D eigenvalue weighted by molar-refractivity contribution is 5.82. The second-order valence-corrected chi connectivity index (χ2v) is 6.53. The van der Waals surface area contributed by atoms with Crippen LogP contribution in [-0.2, 0) is 20.9 Å². The largest absolute Gasteiger partial charge is 0.467 e. The molecule has 1 amide bonds. The summed E-state index contributed by atoms with van der Waals surface area (Å²) in [6.45, 7) is 3.92. The third kappa shape index (κ3) is 5.81. The lowest BCUT2D eigenvalue weighted by Gasteiger charge is -2.29. The van der Waals surface area contributed by atoms with Crippen LogP contribution in [0.1, 0.15) is 30.9 Å². The Morgan fingerprint density at radius 1 is 1.04 bits per heavy atom. The van der Waals surface area contributed by atoms with E-state index in [-0.39, 0.29) is 18.3 Å². The molecule has 0 aliphatic rings. The van der Waals surface area contributed by atoms with Crippen molar-refractivity contribution in [2.75, 3.05) is 7.11 Å². The van der Waals surface area contributed by atoms with Gasteiger partial charge in [0.1, 0.15) is 18.5 Å². The van der Waals surface area contributed by atoms with Crippen LogP contribution in [0.2, 0.25) is 0 Å². The van der Waals surface area contributed by atoms with Crippen molar-refractivity contribution < 1.29 is 23.5 Å². The predicted molar refractivity (Wildman–Crippen MR) is 99.5 cm³/mol. The fourth-order valence-electron chi connectivity index (χ4n) is 2.96. The smallest absolute Gasteiger partial charge is 0.408 e. The first-order valence-electron chi connectivity index (χ1n) is 8.73. The molecule has 0 heterocycles. The highest BCUT2D eigenvalue weighted by atomic mass is 19.1. The van der Waals surface area contributed by atoms with Crippen LogP contribution in [0.4, 0.5) is 9.18 Å². The summed E-state index contributed by atoms with van der Waals surface area (Å²) < 4.78 is 23.4. The van der Waals surface area contributed by atoms with Crippen molar-refractivity contribution in [2.24, 2.45) is 5.92 Å². The molecule has 6 heteroatoms. The number of hydrogen-bond donors (Lipinski definition) is 1. The number of esters is 1. The molecule has 5 nitrogen and oxygen atoms in total. The fraction of sp³-hybridized carbons (Fsp3) is 0.333. The minimum atomic E-state index is -0.955. The number of methoxy groups -OCH3 is 1. The molecule has 0 radical (unpaired) electrons. The van der Waals surface area contributed by atoms with Gasteiger partial charge in [0.05, 0.1) is 7.11 Å². The maximum absolute atomic E-state index is 13.3. The fourth-order valence-corrected chi connectivity index (χ4v) is 2.96. The van der Waals surface area contributed by atoms with E-state index in [0.717, 1.165) is 11.1 Å². The van der Waals surface area contributed by atoms with Gasteiger partial charge in [-0.25, -0.2) is 14.0 Å². The Labute approximate surface area is 158 Å². The molecule has 0 aliphatic carbocycles. The van der Waals surface area contributed by atoms with Gasteiger partial charge in [-0.2, -0.15) is 0 Å². The van der Waals surface area contributed by atoms with Crippen LogP contribution in [0.3, 0.4) is 0 Å². The van der Waals surface area contributed by atoms with Crippen LogP contribution >= 0.6 is 0 Å². The molecular weight excluding hydrogens is 349 g/mol. The van der Waals surface area contributed by atoms with Gasteiger partial charge in [0, 0.05) is 5.92 Å². The summed E-state index contributed by atoms with van der Waals surface area (Å²) >= 11 is 0. The van der Waals surface area contributed by atoms with E-state index in [4.69, 9.17) is 9.47 Å². The zero-order chi connectivity index (χ0) is 19.8. The summed E-state index contributed by atoms with van der Waals surface area (Å²) in [5, 5.41) is 2.60. The maximum atomic E-state index is 13.3. The Kier molecular flexibility index (Phi) is 7.34. The Hall–Kier alpha value is -2.89. The number of alkyl carbamates (subject to hydrolysis) is 1. The summed E-state index contributed by atoms with van der Waals surface area (Å²) in [6.07, 6.45) is -0.720. The molecule has 2 atom stereocenters. The third-order valence-electron chi connectivity index (χ3n) is 4.27. The number of rotatable bonds is 7. The number of nitrogens with one attached hydrogen (secondary N) is 1. The second kappa shape index (κ2) is 9.71. The number of amides is 1. The standard InChI is InChI=1S/C21H24FNO4/c1-14(2)18(16-9-11-17(22)12-10-16)19(20(24)26-3)23-21(25)27-13-15-7-5-4-6-8-15/h4-12,14,18-19H,13H2,1-3H3,(H,23,25)/t18-,19+/m0/s1. The lowest BCUT2D eigenvalue weighted by atomic mass is 9.82. The van der Waals surface area contributed by atoms with Crippen molar-refractivity contribution in [3.63, 3.8) is 0 Å². The van der Waals surface area contributed by atoms with Gasteiger partial charge in [-0.1, -0.05) is 56.3 Å². The van der Waals surface area contributed by atoms with Crippen LogP contribution in [0.15, 0.2) is 54.6 Å². The summed E-state index contributed by atoms with van der Waals surface area (Å²) in [6, 6.07) is 14.1. The normalized spacial score (nSPS) is 12.9. The van der Waals surface area contributed by atoms with Crippen molar-refractivity contribution in [3.8, 4) is 0 Å². The molecule has 2 aromatic rings. The number of halogens is 1. The molecule has 1 N–H and O–H groups in total. The molecule has 2 rings (SSSR count). The number of carbonyl (C=O) groups is 2. The zero-order valence-electron chi connectivity index (χ0n) is 15.6. The lowest BCUT2D eigenvalue weighted by molar-refractivity contribution is -0.144. The SMILES string of the molecule is COC(=O)[C@H](NC(=O)OCc1ccccc1)[C@H](c1ccc(F)cc1)C(C)C. The molecule has 0 spiro atoms. The van der Waals surface area contributed by atoms with Gasteiger partial charge in [-0.15, -0.1) is 0 Å². The Bertz CT molecular complexity index is 747. The van der Waals surface area contributed by atoms with Gasteiger partial charge in [-0.05, 0) is 29.2 Å². The van der Waals surface area contributed by atoms with E-state index in [1.165, 1.54) is 19.2 Å². The van der Waals surface area contributed by atoms with Gasteiger partial charge in [0.2, 0.25) is 0 Å². The van der Waals surface area contributed by atoms with E-state index < -0.39 is 24.0 Å². The molecule has 0 bridgehead atoms. The molecule has 0 saturated carbocycles. The van der Waals surface area contributed by atoms with Crippen LogP contribution in [0.5, 0.6) is 0 Å². The number of ether oxygens (including phenoxy) is 2. The van der Waals surface area contributed by atoms with Crippen LogP contribution in [0, 0.1) is 11.7 Å². The van der Waals surface area contributed by atoms with Crippen molar-refractivity contribution in [1.82, 2.24) is 5.32 Å². The van der Waals surface area contributed by atoms with E-state index in [9.17, 15) is 14.0 Å². The molecule has 0 saturated heterocycles. The van der Waals surface area contributed by atoms with Crippen molar-refractivity contribution in [3.05, 3.63) is 71.5 Å². The lowest BCUT2D eigenvalue weighted by Crippen LogP contribution is -2.47. The van der Waals surface area contributed by atoms with E-state index in [1.54, 1.807) is 12.1 Å². The van der Waals surface area contributed by atoms with Gasteiger partial charge in [0.25, 0.3) is 0 Å². The summed E-state index contributed by atoms with van der Waals surface area (Å²) in [7, 11) is 1.26. The molecular formula is C21H24FNO4. The maximum Gasteiger partial charge on any atom is 0.408 e. The van der Waals surface area contributed by atoms with Crippen molar-refractivity contribution in [1.29, 1.82) is 0 Å². The number of benzene rings is 2. The minimum Gasteiger partial charge on any atom is -0.467 e. The first kappa shape index (κ1) is 20.4. The van der Waals surface area contributed by atoms with Gasteiger partial charge >= 0.3 is 12.1 Å². The van der Waals surface area contributed by atoms with Crippen molar-refractivity contribution >= 4 is 12.1 Å². The molecule has 0 unspecified atom stereocenters. The predicted octanol–water partition coefficient (Wildman–Crippen LogP) is 4.03. The second-order valence-electron chi connectivity index (χ2n) is 6.53. The van der Waals surface area contributed by atoms with E-state index in [1.807, 2.05) is 44.2 Å². The molecule has 144 valence electrons. The van der Waals surface area contributed by atoms with Gasteiger partial charge in [0.15, 0.2) is 0 Å². The highest BCUT2D eigenvalue weighted by Gasteiger charge is 2.34. The van der Waals surface area contributed by atoms with E-state index in [2.05, 4.69) is 5.32 Å². The summed E-state index contributed by atoms with van der Waals surface area (Å²) in [4.78, 5) is 24.6. The zero-order valence-corrected chi connectivity index (χ0v) is 15.6. The van der Waals surface area contributed by atoms with Crippen molar-refractivity contribution in [2.45, 2.75) is 32.4 Å². The Morgan fingerprint density at radius 3 is 2.22 bits per heavy atom.